The van der Waals surface area contributed by atoms with Gasteiger partial charge in [0.1, 0.15) is 5.82 Å². The Bertz CT molecular complexity index is 930. The molecule has 0 atom stereocenters. The molecule has 0 spiro atoms. The van der Waals surface area contributed by atoms with Gasteiger partial charge in [0.2, 0.25) is 0 Å². The third-order valence-corrected chi connectivity index (χ3v) is 4.23. The zero-order chi connectivity index (χ0) is 17.3. The highest BCUT2D eigenvalue weighted by molar-refractivity contribution is 5.77. The van der Waals surface area contributed by atoms with Crippen LogP contribution in [0.2, 0.25) is 0 Å². The number of fused-ring (bicyclic) bond motifs is 1. The monoisotopic (exact) mass is 322 g/mol. The zero-order valence-corrected chi connectivity index (χ0v) is 14.5. The molecule has 0 bridgehead atoms. The van der Waals surface area contributed by atoms with Crippen molar-refractivity contribution in [2.45, 2.75) is 6.54 Å². The van der Waals surface area contributed by atoms with Crippen LogP contribution in [-0.2, 0) is 13.6 Å². The van der Waals surface area contributed by atoms with Crippen LogP contribution in [-0.4, -0.2) is 30.7 Å². The molecule has 0 aliphatic carbocycles. The Hall–Kier alpha value is -2.82. The molecule has 0 aliphatic rings. The fourth-order valence-electron chi connectivity index (χ4n) is 2.87. The van der Waals surface area contributed by atoms with Crippen molar-refractivity contribution in [1.82, 2.24) is 9.55 Å². The van der Waals surface area contributed by atoms with E-state index in [1.54, 1.807) is 11.6 Å². The number of nitrogens with zero attached hydrogens (tertiary/aromatic N) is 4. The van der Waals surface area contributed by atoms with Crippen molar-refractivity contribution >= 4 is 22.3 Å². The predicted octanol–water partition coefficient (Wildman–Crippen LogP) is 2.64. The minimum atomic E-state index is -0.00936. The van der Waals surface area contributed by atoms with Crippen molar-refractivity contribution in [3.8, 4) is 0 Å². The van der Waals surface area contributed by atoms with Crippen LogP contribution in [0.4, 0.5) is 11.4 Å². The van der Waals surface area contributed by atoms with Gasteiger partial charge in [-0.25, -0.2) is 4.98 Å². The molecule has 3 rings (SSSR count). The molecule has 2 aromatic carbocycles. The van der Waals surface area contributed by atoms with Gasteiger partial charge in [0.25, 0.3) is 5.56 Å². The Morgan fingerprint density at radius 2 is 1.58 bits per heavy atom. The summed E-state index contributed by atoms with van der Waals surface area (Å²) in [6.07, 6.45) is 0. The van der Waals surface area contributed by atoms with E-state index in [2.05, 4.69) is 26.9 Å². The number of aromatic nitrogens is 2. The van der Waals surface area contributed by atoms with Gasteiger partial charge in [0, 0.05) is 28.2 Å². The first-order valence-electron chi connectivity index (χ1n) is 7.91. The summed E-state index contributed by atoms with van der Waals surface area (Å²) in [5, 5.41) is 0.653. The summed E-state index contributed by atoms with van der Waals surface area (Å²) < 4.78 is 1.64. The van der Waals surface area contributed by atoms with Gasteiger partial charge in [-0.1, -0.05) is 24.3 Å². The molecule has 124 valence electrons. The second-order valence-electron chi connectivity index (χ2n) is 6.15. The van der Waals surface area contributed by atoms with Crippen LogP contribution in [0, 0.1) is 0 Å². The van der Waals surface area contributed by atoms with Crippen LogP contribution >= 0.6 is 0 Å². The average Bonchev–Trinajstić information content (AvgIpc) is 2.59. The molecule has 24 heavy (non-hydrogen) atoms. The molecule has 1 aromatic heterocycles. The van der Waals surface area contributed by atoms with Crippen LogP contribution in [0.5, 0.6) is 0 Å². The third kappa shape index (κ3) is 2.85. The number of para-hydroxylation sites is 3. The lowest BCUT2D eigenvalue weighted by atomic mass is 10.2. The van der Waals surface area contributed by atoms with E-state index < -0.39 is 0 Å². The van der Waals surface area contributed by atoms with E-state index in [0.717, 1.165) is 22.7 Å². The highest BCUT2D eigenvalue weighted by atomic mass is 16.1. The van der Waals surface area contributed by atoms with E-state index >= 15 is 0 Å². The van der Waals surface area contributed by atoms with Crippen LogP contribution in [0.1, 0.15) is 5.82 Å². The first kappa shape index (κ1) is 16.1. The number of anilines is 2. The van der Waals surface area contributed by atoms with Crippen molar-refractivity contribution in [3.05, 3.63) is 64.7 Å². The summed E-state index contributed by atoms with van der Waals surface area (Å²) in [5.41, 5.74) is 2.96. The molecule has 5 heteroatoms. The first-order chi connectivity index (χ1) is 11.5. The summed E-state index contributed by atoms with van der Waals surface area (Å²) in [6.45, 7) is 0.557. The highest BCUT2D eigenvalue weighted by Gasteiger charge is 2.13. The van der Waals surface area contributed by atoms with Gasteiger partial charge in [0.15, 0.2) is 0 Å². The first-order valence-corrected chi connectivity index (χ1v) is 7.91. The summed E-state index contributed by atoms with van der Waals surface area (Å²) in [7, 11) is 7.85. The van der Waals surface area contributed by atoms with Gasteiger partial charge in [-0.15, -0.1) is 0 Å². The average molecular weight is 322 g/mol. The van der Waals surface area contributed by atoms with Gasteiger partial charge >= 0.3 is 0 Å². The molecular weight excluding hydrogens is 300 g/mol. The van der Waals surface area contributed by atoms with Crippen molar-refractivity contribution in [2.24, 2.45) is 7.05 Å². The molecule has 3 aromatic rings. The van der Waals surface area contributed by atoms with Crippen molar-refractivity contribution in [1.29, 1.82) is 0 Å². The van der Waals surface area contributed by atoms with Crippen LogP contribution in [0.25, 0.3) is 10.9 Å². The highest BCUT2D eigenvalue weighted by Crippen LogP contribution is 2.27. The predicted molar refractivity (Wildman–Crippen MR) is 99.9 cm³/mol. The summed E-state index contributed by atoms with van der Waals surface area (Å²) in [4.78, 5) is 21.4. The molecule has 0 aliphatic heterocycles. The molecule has 0 saturated heterocycles. The van der Waals surface area contributed by atoms with Crippen molar-refractivity contribution in [2.75, 3.05) is 30.9 Å². The Morgan fingerprint density at radius 1 is 0.958 bits per heavy atom. The van der Waals surface area contributed by atoms with E-state index in [-0.39, 0.29) is 5.56 Å². The van der Waals surface area contributed by atoms with Crippen LogP contribution in [0.3, 0.4) is 0 Å². The molecule has 1 heterocycles. The van der Waals surface area contributed by atoms with E-state index in [9.17, 15) is 4.79 Å². The minimum Gasteiger partial charge on any atom is -0.376 e. The van der Waals surface area contributed by atoms with Gasteiger partial charge in [-0.3, -0.25) is 9.36 Å². The van der Waals surface area contributed by atoms with E-state index in [1.165, 1.54) is 0 Å². The Morgan fingerprint density at radius 3 is 2.29 bits per heavy atom. The maximum atomic E-state index is 12.5. The largest absolute Gasteiger partial charge is 0.376 e. The Labute approximate surface area is 141 Å². The normalized spacial score (nSPS) is 10.8. The van der Waals surface area contributed by atoms with Gasteiger partial charge in [-0.05, 0) is 24.3 Å². The fraction of sp³-hybridized carbons (Fsp3) is 0.263. The second-order valence-corrected chi connectivity index (χ2v) is 6.15. The number of benzene rings is 2. The molecule has 0 N–H and O–H groups in total. The maximum Gasteiger partial charge on any atom is 0.261 e. The summed E-state index contributed by atoms with van der Waals surface area (Å²) >= 11 is 0. The second kappa shape index (κ2) is 6.35. The SMILES string of the molecule is CN(C)c1ccccc1N(C)Cc1nc2ccccc2c(=O)n1C. The topological polar surface area (TPSA) is 41.4 Å². The van der Waals surface area contributed by atoms with Crippen molar-refractivity contribution in [3.63, 3.8) is 0 Å². The molecule has 0 radical (unpaired) electrons. The number of hydrogen-bond acceptors (Lipinski definition) is 4. The maximum absolute atomic E-state index is 12.5. The van der Waals surface area contributed by atoms with E-state index in [1.807, 2.05) is 57.5 Å². The number of hydrogen-bond donors (Lipinski definition) is 0. The summed E-state index contributed by atoms with van der Waals surface area (Å²) in [6, 6.07) is 15.7. The van der Waals surface area contributed by atoms with E-state index in [4.69, 9.17) is 0 Å². The molecular formula is C19H22N4O. The molecule has 5 nitrogen and oxygen atoms in total. The molecule has 0 unspecified atom stereocenters. The van der Waals surface area contributed by atoms with Gasteiger partial charge in [0.05, 0.1) is 28.8 Å². The lowest BCUT2D eigenvalue weighted by Gasteiger charge is -2.26. The Kier molecular flexibility index (Phi) is 4.25. The smallest absolute Gasteiger partial charge is 0.261 e. The zero-order valence-electron chi connectivity index (χ0n) is 14.5. The quantitative estimate of drug-likeness (QED) is 0.740. The van der Waals surface area contributed by atoms with Crippen LogP contribution in [0.15, 0.2) is 53.3 Å². The third-order valence-electron chi connectivity index (χ3n) is 4.23. The molecule has 0 amide bonds. The van der Waals surface area contributed by atoms with Crippen molar-refractivity contribution < 1.29 is 0 Å². The van der Waals surface area contributed by atoms with E-state index in [0.29, 0.717) is 11.9 Å². The Balaban J connectivity index is 2.01. The lowest BCUT2D eigenvalue weighted by molar-refractivity contribution is 0.719. The standard InChI is InChI=1S/C19H22N4O/c1-21(2)16-11-7-8-12-17(16)22(3)13-18-20-15-10-6-5-9-14(15)19(24)23(18)4/h5-12H,13H2,1-4H3. The van der Waals surface area contributed by atoms with Gasteiger partial charge in [-0.2, -0.15) is 0 Å². The number of rotatable bonds is 4. The molecule has 0 saturated carbocycles. The van der Waals surface area contributed by atoms with Crippen LogP contribution < -0.4 is 15.4 Å². The fourth-order valence-corrected chi connectivity index (χ4v) is 2.87. The lowest BCUT2D eigenvalue weighted by Crippen LogP contribution is -2.28. The minimum absolute atomic E-state index is 0.00936. The summed E-state index contributed by atoms with van der Waals surface area (Å²) in [5.74, 6) is 0.745. The van der Waals surface area contributed by atoms with Gasteiger partial charge < -0.3 is 9.80 Å². The molecule has 0 fully saturated rings.